The third-order valence-electron chi connectivity index (χ3n) is 2.94. The van der Waals surface area contributed by atoms with Gasteiger partial charge in [0.05, 0.1) is 13.7 Å². The predicted octanol–water partition coefficient (Wildman–Crippen LogP) is 5.23. The number of halogens is 2. The van der Waals surface area contributed by atoms with Gasteiger partial charge in [0.1, 0.15) is 0 Å². The van der Waals surface area contributed by atoms with Gasteiger partial charge in [0.15, 0.2) is 11.5 Å². The smallest absolute Gasteiger partial charge is 0.161 e. The molecule has 0 saturated heterocycles. The van der Waals surface area contributed by atoms with Crippen LogP contribution in [-0.2, 0) is 6.54 Å². The molecule has 0 aliphatic carbocycles. The highest BCUT2D eigenvalue weighted by Crippen LogP contribution is 2.30. The first-order valence-corrected chi connectivity index (χ1v) is 8.21. The van der Waals surface area contributed by atoms with Crippen molar-refractivity contribution in [2.45, 2.75) is 13.5 Å². The van der Waals surface area contributed by atoms with E-state index in [1.165, 1.54) is 0 Å². The lowest BCUT2D eigenvalue weighted by molar-refractivity contribution is 0.310. The van der Waals surface area contributed by atoms with Gasteiger partial charge in [-0.15, -0.1) is 0 Å². The highest BCUT2D eigenvalue weighted by molar-refractivity contribution is 9.11. The molecule has 0 saturated carbocycles. The molecule has 21 heavy (non-hydrogen) atoms. The van der Waals surface area contributed by atoms with Crippen LogP contribution in [0.4, 0.5) is 5.69 Å². The average molecular weight is 415 g/mol. The molecule has 5 heteroatoms. The van der Waals surface area contributed by atoms with E-state index in [-0.39, 0.29) is 0 Å². The Hall–Kier alpha value is -1.20. The molecule has 0 spiro atoms. The molecule has 0 aromatic heterocycles. The minimum Gasteiger partial charge on any atom is -0.493 e. The molecule has 0 aliphatic heterocycles. The van der Waals surface area contributed by atoms with Gasteiger partial charge in [-0.25, -0.2) is 0 Å². The zero-order valence-electron chi connectivity index (χ0n) is 12.0. The number of methoxy groups -OCH3 is 1. The Morgan fingerprint density at radius 2 is 1.86 bits per heavy atom. The van der Waals surface area contributed by atoms with Crippen molar-refractivity contribution in [2.24, 2.45) is 0 Å². The normalized spacial score (nSPS) is 10.3. The van der Waals surface area contributed by atoms with E-state index in [4.69, 9.17) is 9.47 Å². The number of rotatable bonds is 6. The van der Waals surface area contributed by atoms with Crippen LogP contribution in [0.3, 0.4) is 0 Å². The van der Waals surface area contributed by atoms with Crippen molar-refractivity contribution in [3.05, 3.63) is 50.9 Å². The highest BCUT2D eigenvalue weighted by Gasteiger charge is 2.06. The van der Waals surface area contributed by atoms with Gasteiger partial charge in [0.25, 0.3) is 0 Å². The molecule has 0 amide bonds. The highest BCUT2D eigenvalue weighted by atomic mass is 79.9. The van der Waals surface area contributed by atoms with Crippen LogP contribution in [0.25, 0.3) is 0 Å². The van der Waals surface area contributed by atoms with Gasteiger partial charge in [-0.3, -0.25) is 0 Å². The van der Waals surface area contributed by atoms with Crippen LogP contribution in [0, 0.1) is 0 Å². The second-order valence-corrected chi connectivity index (χ2v) is 6.17. The number of hydrogen-bond donors (Lipinski definition) is 1. The van der Waals surface area contributed by atoms with Crippen molar-refractivity contribution in [1.29, 1.82) is 0 Å². The topological polar surface area (TPSA) is 30.5 Å². The van der Waals surface area contributed by atoms with Gasteiger partial charge in [-0.1, -0.05) is 22.0 Å². The third-order valence-corrected chi connectivity index (χ3v) is 4.09. The van der Waals surface area contributed by atoms with Crippen LogP contribution in [0.15, 0.2) is 45.3 Å². The molecular weight excluding hydrogens is 398 g/mol. The third kappa shape index (κ3) is 4.38. The first kappa shape index (κ1) is 16.2. The molecular formula is C16H17Br2NO2. The van der Waals surface area contributed by atoms with Crippen LogP contribution in [0.5, 0.6) is 11.5 Å². The number of hydrogen-bond acceptors (Lipinski definition) is 3. The number of ether oxygens (including phenoxy) is 2. The Labute approximate surface area is 141 Å². The van der Waals surface area contributed by atoms with E-state index in [1.807, 2.05) is 43.3 Å². The zero-order valence-corrected chi connectivity index (χ0v) is 15.1. The molecule has 112 valence electrons. The second-order valence-electron chi connectivity index (χ2n) is 4.40. The van der Waals surface area contributed by atoms with Crippen molar-refractivity contribution in [3.8, 4) is 11.5 Å². The van der Waals surface area contributed by atoms with E-state index in [9.17, 15) is 0 Å². The van der Waals surface area contributed by atoms with E-state index in [2.05, 4.69) is 37.2 Å². The molecule has 0 radical (unpaired) electrons. The first-order valence-electron chi connectivity index (χ1n) is 6.62. The maximum Gasteiger partial charge on any atom is 0.161 e. The van der Waals surface area contributed by atoms with E-state index in [0.717, 1.165) is 31.7 Å². The monoisotopic (exact) mass is 413 g/mol. The van der Waals surface area contributed by atoms with Crippen LogP contribution in [0.1, 0.15) is 12.5 Å². The van der Waals surface area contributed by atoms with Gasteiger partial charge in [0.2, 0.25) is 0 Å². The fourth-order valence-electron chi connectivity index (χ4n) is 1.93. The first-order chi connectivity index (χ1) is 10.1. The summed E-state index contributed by atoms with van der Waals surface area (Å²) in [5.74, 6) is 1.53. The molecule has 0 bridgehead atoms. The fourth-order valence-corrected chi connectivity index (χ4v) is 3.12. The van der Waals surface area contributed by atoms with Crippen LogP contribution >= 0.6 is 31.9 Å². The summed E-state index contributed by atoms with van der Waals surface area (Å²) < 4.78 is 12.9. The Kier molecular flexibility index (Phi) is 5.94. The largest absolute Gasteiger partial charge is 0.493 e. The molecule has 2 aromatic rings. The van der Waals surface area contributed by atoms with E-state index >= 15 is 0 Å². The maximum absolute atomic E-state index is 5.59. The Morgan fingerprint density at radius 3 is 2.52 bits per heavy atom. The summed E-state index contributed by atoms with van der Waals surface area (Å²) in [4.78, 5) is 0. The quantitative estimate of drug-likeness (QED) is 0.701. The number of anilines is 1. The molecule has 1 N–H and O–H groups in total. The molecule has 0 unspecified atom stereocenters. The second kappa shape index (κ2) is 7.71. The summed E-state index contributed by atoms with van der Waals surface area (Å²) in [6, 6.07) is 12.0. The SMILES string of the molecule is CCOc1cc(CNc2ccc(Br)cc2Br)ccc1OC. The molecule has 2 rings (SSSR count). The summed E-state index contributed by atoms with van der Waals surface area (Å²) in [7, 11) is 1.65. The van der Waals surface area contributed by atoms with Crippen molar-refractivity contribution >= 4 is 37.5 Å². The standard InChI is InChI=1S/C16H17Br2NO2/c1-3-21-16-8-11(4-7-15(16)20-2)10-19-14-6-5-12(17)9-13(14)18/h4-9,19H,3,10H2,1-2H3. The fraction of sp³-hybridized carbons (Fsp3) is 0.250. The van der Waals surface area contributed by atoms with Gasteiger partial charge < -0.3 is 14.8 Å². The van der Waals surface area contributed by atoms with Crippen LogP contribution < -0.4 is 14.8 Å². The van der Waals surface area contributed by atoms with Crippen molar-refractivity contribution in [2.75, 3.05) is 19.0 Å². The zero-order chi connectivity index (χ0) is 15.2. The Morgan fingerprint density at radius 1 is 1.05 bits per heavy atom. The van der Waals surface area contributed by atoms with E-state index < -0.39 is 0 Å². The number of nitrogens with one attached hydrogen (secondary N) is 1. The maximum atomic E-state index is 5.59. The van der Waals surface area contributed by atoms with Gasteiger partial charge in [-0.2, -0.15) is 0 Å². The number of benzene rings is 2. The lowest BCUT2D eigenvalue weighted by Gasteiger charge is -2.13. The summed E-state index contributed by atoms with van der Waals surface area (Å²) in [6.45, 7) is 3.29. The lowest BCUT2D eigenvalue weighted by Crippen LogP contribution is -2.02. The van der Waals surface area contributed by atoms with Crippen molar-refractivity contribution < 1.29 is 9.47 Å². The molecule has 2 aromatic carbocycles. The summed E-state index contributed by atoms with van der Waals surface area (Å²) >= 11 is 6.99. The van der Waals surface area contributed by atoms with Gasteiger partial charge in [0, 0.05) is 21.2 Å². The van der Waals surface area contributed by atoms with E-state index in [1.54, 1.807) is 7.11 Å². The molecule has 3 nitrogen and oxygen atoms in total. The van der Waals surface area contributed by atoms with E-state index in [0.29, 0.717) is 13.2 Å². The van der Waals surface area contributed by atoms with Gasteiger partial charge >= 0.3 is 0 Å². The predicted molar refractivity (Wildman–Crippen MR) is 93.3 cm³/mol. The van der Waals surface area contributed by atoms with Crippen molar-refractivity contribution in [1.82, 2.24) is 0 Å². The van der Waals surface area contributed by atoms with Crippen LogP contribution in [-0.4, -0.2) is 13.7 Å². The van der Waals surface area contributed by atoms with Crippen molar-refractivity contribution in [3.63, 3.8) is 0 Å². The summed E-state index contributed by atoms with van der Waals surface area (Å²) in [5.41, 5.74) is 2.18. The Bertz CT molecular complexity index is 617. The molecule has 0 heterocycles. The van der Waals surface area contributed by atoms with Crippen LogP contribution in [0.2, 0.25) is 0 Å². The Balaban J connectivity index is 2.10. The average Bonchev–Trinajstić information content (AvgIpc) is 2.47. The summed E-state index contributed by atoms with van der Waals surface area (Å²) in [5, 5.41) is 3.40. The minimum atomic E-state index is 0.617. The minimum absolute atomic E-state index is 0.617. The lowest BCUT2D eigenvalue weighted by atomic mass is 10.2. The van der Waals surface area contributed by atoms with Gasteiger partial charge in [-0.05, 0) is 58.7 Å². The molecule has 0 atom stereocenters. The molecule has 0 fully saturated rings. The summed E-state index contributed by atoms with van der Waals surface area (Å²) in [6.07, 6.45) is 0. The molecule has 0 aliphatic rings.